The zero-order valence-electron chi connectivity index (χ0n) is 16.4. The number of nitrogen functional groups attached to an aromatic ring is 1. The van der Waals surface area contributed by atoms with Crippen LogP contribution in [0.5, 0.6) is 0 Å². The molecule has 150 valence electrons. The summed E-state index contributed by atoms with van der Waals surface area (Å²) in [4.78, 5) is 35.5. The van der Waals surface area contributed by atoms with Gasteiger partial charge >= 0.3 is 0 Å². The SMILES string of the molecule is CNC(=O)c1sc2nc([C@@H]3CCCN3C(=O)C3CCN(C)CC3)ccc2c1N. The van der Waals surface area contributed by atoms with Crippen LogP contribution in [-0.2, 0) is 4.79 Å². The zero-order chi connectivity index (χ0) is 19.8. The minimum atomic E-state index is -0.193. The summed E-state index contributed by atoms with van der Waals surface area (Å²) in [6, 6.07) is 3.92. The fourth-order valence-corrected chi connectivity index (χ4v) is 5.35. The molecule has 2 amide bonds. The Morgan fingerprint density at radius 2 is 1.96 bits per heavy atom. The lowest BCUT2D eigenvalue weighted by molar-refractivity contribution is -0.138. The van der Waals surface area contributed by atoms with E-state index in [1.165, 1.54) is 11.3 Å². The van der Waals surface area contributed by atoms with E-state index in [9.17, 15) is 9.59 Å². The molecule has 4 heterocycles. The fraction of sp³-hybridized carbons (Fsp3) is 0.550. The number of rotatable bonds is 3. The number of thiophene rings is 1. The molecule has 8 heteroatoms. The lowest BCUT2D eigenvalue weighted by Gasteiger charge is -2.33. The molecule has 0 spiro atoms. The number of amides is 2. The quantitative estimate of drug-likeness (QED) is 0.823. The normalized spacial score (nSPS) is 21.4. The standard InChI is InChI=1S/C20H27N5O2S/c1-22-18(26)17-16(21)13-5-6-14(23-19(13)28-17)15-4-3-9-25(15)20(27)12-7-10-24(2)11-8-12/h5-6,12,15H,3-4,7-11,21H2,1-2H3,(H,22,26)/t15-/m0/s1. The van der Waals surface area contributed by atoms with Crippen molar-refractivity contribution >= 4 is 39.1 Å². The third kappa shape index (κ3) is 3.35. The predicted molar refractivity (Wildman–Crippen MR) is 111 cm³/mol. The highest BCUT2D eigenvalue weighted by Crippen LogP contribution is 2.37. The molecular formula is C20H27N5O2S. The third-order valence-electron chi connectivity index (χ3n) is 5.99. The number of piperidine rings is 1. The van der Waals surface area contributed by atoms with Crippen molar-refractivity contribution in [1.82, 2.24) is 20.1 Å². The van der Waals surface area contributed by atoms with Gasteiger partial charge in [-0.2, -0.15) is 0 Å². The Kier molecular flexibility index (Phi) is 5.25. The molecule has 7 nitrogen and oxygen atoms in total. The minimum absolute atomic E-state index is 0.0170. The van der Waals surface area contributed by atoms with Gasteiger partial charge in [-0.3, -0.25) is 9.59 Å². The molecule has 28 heavy (non-hydrogen) atoms. The van der Waals surface area contributed by atoms with Crippen LogP contribution >= 0.6 is 11.3 Å². The van der Waals surface area contributed by atoms with E-state index in [4.69, 9.17) is 10.7 Å². The molecular weight excluding hydrogens is 374 g/mol. The van der Waals surface area contributed by atoms with Crippen LogP contribution in [0.25, 0.3) is 10.2 Å². The second-order valence-corrected chi connectivity index (χ2v) is 8.78. The number of nitrogens with zero attached hydrogens (tertiary/aromatic N) is 3. The van der Waals surface area contributed by atoms with Crippen LogP contribution in [0.4, 0.5) is 5.69 Å². The van der Waals surface area contributed by atoms with Crippen LogP contribution in [0, 0.1) is 5.92 Å². The average Bonchev–Trinajstić information content (AvgIpc) is 3.32. The van der Waals surface area contributed by atoms with Crippen molar-refractivity contribution in [1.29, 1.82) is 0 Å². The van der Waals surface area contributed by atoms with Gasteiger partial charge in [-0.25, -0.2) is 4.98 Å². The molecule has 2 aliphatic rings. The van der Waals surface area contributed by atoms with Crippen LogP contribution in [0.3, 0.4) is 0 Å². The molecule has 2 aromatic rings. The Morgan fingerprint density at radius 1 is 1.21 bits per heavy atom. The van der Waals surface area contributed by atoms with Gasteiger partial charge in [0.25, 0.3) is 5.91 Å². The number of carbonyl (C=O) groups is 2. The van der Waals surface area contributed by atoms with Crippen LogP contribution in [-0.4, -0.2) is 60.3 Å². The first-order valence-corrected chi connectivity index (χ1v) is 10.7. The maximum atomic E-state index is 13.2. The molecule has 0 bridgehead atoms. The van der Waals surface area contributed by atoms with Crippen LogP contribution in [0.15, 0.2) is 12.1 Å². The maximum Gasteiger partial charge on any atom is 0.263 e. The summed E-state index contributed by atoms with van der Waals surface area (Å²) in [5, 5.41) is 3.43. The van der Waals surface area contributed by atoms with Gasteiger partial charge in [0.15, 0.2) is 0 Å². The predicted octanol–water partition coefficient (Wildman–Crippen LogP) is 2.24. The van der Waals surface area contributed by atoms with Gasteiger partial charge in [-0.15, -0.1) is 11.3 Å². The molecule has 2 saturated heterocycles. The van der Waals surface area contributed by atoms with E-state index >= 15 is 0 Å². The molecule has 0 saturated carbocycles. The number of pyridine rings is 1. The van der Waals surface area contributed by atoms with Crippen molar-refractivity contribution in [2.75, 3.05) is 39.5 Å². The van der Waals surface area contributed by atoms with Gasteiger partial charge in [0.2, 0.25) is 5.91 Å². The topological polar surface area (TPSA) is 91.6 Å². The summed E-state index contributed by atoms with van der Waals surface area (Å²) in [6.07, 6.45) is 3.79. The Bertz CT molecular complexity index is 903. The van der Waals surface area contributed by atoms with Gasteiger partial charge in [0.1, 0.15) is 9.71 Å². The van der Waals surface area contributed by atoms with Crippen LogP contribution < -0.4 is 11.1 Å². The molecule has 3 N–H and O–H groups in total. The molecule has 4 rings (SSSR count). The average molecular weight is 402 g/mol. The van der Waals surface area contributed by atoms with Gasteiger partial charge in [-0.05, 0) is 58.0 Å². The highest BCUT2D eigenvalue weighted by Gasteiger charge is 2.35. The molecule has 0 aromatic carbocycles. The number of hydrogen-bond acceptors (Lipinski definition) is 6. The van der Waals surface area contributed by atoms with Gasteiger partial charge < -0.3 is 20.9 Å². The van der Waals surface area contributed by atoms with Crippen molar-refractivity contribution in [3.8, 4) is 0 Å². The Balaban J connectivity index is 1.59. The highest BCUT2D eigenvalue weighted by molar-refractivity contribution is 7.21. The van der Waals surface area contributed by atoms with E-state index in [-0.39, 0.29) is 23.8 Å². The molecule has 0 unspecified atom stereocenters. The van der Waals surface area contributed by atoms with Crippen molar-refractivity contribution in [2.24, 2.45) is 5.92 Å². The zero-order valence-corrected chi connectivity index (χ0v) is 17.2. The van der Waals surface area contributed by atoms with Crippen molar-refractivity contribution in [3.63, 3.8) is 0 Å². The monoisotopic (exact) mass is 401 g/mol. The lowest BCUT2D eigenvalue weighted by Crippen LogP contribution is -2.41. The number of aromatic nitrogens is 1. The summed E-state index contributed by atoms with van der Waals surface area (Å²) < 4.78 is 0. The Labute approximate surface area is 168 Å². The second kappa shape index (κ2) is 7.67. The number of fused-ring (bicyclic) bond motifs is 1. The number of anilines is 1. The maximum absolute atomic E-state index is 13.2. The third-order valence-corrected chi connectivity index (χ3v) is 7.11. The number of nitrogens with one attached hydrogen (secondary N) is 1. The van der Waals surface area contributed by atoms with E-state index in [1.54, 1.807) is 7.05 Å². The number of carbonyl (C=O) groups excluding carboxylic acids is 2. The molecule has 0 radical (unpaired) electrons. The first kappa shape index (κ1) is 19.1. The van der Waals surface area contributed by atoms with E-state index in [0.717, 1.165) is 61.2 Å². The first-order chi connectivity index (χ1) is 13.5. The van der Waals surface area contributed by atoms with Gasteiger partial charge in [0, 0.05) is 24.9 Å². The van der Waals surface area contributed by atoms with Crippen molar-refractivity contribution in [3.05, 3.63) is 22.7 Å². The minimum Gasteiger partial charge on any atom is -0.397 e. The number of likely N-dealkylation sites (tertiary alicyclic amines) is 2. The van der Waals surface area contributed by atoms with Gasteiger partial charge in [-0.1, -0.05) is 0 Å². The summed E-state index contributed by atoms with van der Waals surface area (Å²) in [5.41, 5.74) is 7.52. The second-order valence-electron chi connectivity index (χ2n) is 7.78. The molecule has 2 aliphatic heterocycles. The van der Waals surface area contributed by atoms with Crippen LogP contribution in [0.2, 0.25) is 0 Å². The summed E-state index contributed by atoms with van der Waals surface area (Å²) in [7, 11) is 3.70. The fourth-order valence-electron chi connectivity index (χ4n) is 4.31. The molecule has 0 aliphatic carbocycles. The number of nitrogens with two attached hydrogens (primary N) is 1. The van der Waals surface area contributed by atoms with E-state index < -0.39 is 0 Å². The van der Waals surface area contributed by atoms with E-state index in [2.05, 4.69) is 17.3 Å². The highest BCUT2D eigenvalue weighted by atomic mass is 32.1. The van der Waals surface area contributed by atoms with Gasteiger partial charge in [0.05, 0.1) is 17.4 Å². The van der Waals surface area contributed by atoms with Crippen LogP contribution in [0.1, 0.15) is 47.1 Å². The largest absolute Gasteiger partial charge is 0.397 e. The van der Waals surface area contributed by atoms with E-state index in [1.807, 2.05) is 17.0 Å². The summed E-state index contributed by atoms with van der Waals surface area (Å²) in [6.45, 7) is 2.76. The van der Waals surface area contributed by atoms with Crippen molar-refractivity contribution in [2.45, 2.75) is 31.7 Å². The molecule has 1 atom stereocenters. The van der Waals surface area contributed by atoms with E-state index in [0.29, 0.717) is 10.6 Å². The summed E-state index contributed by atoms with van der Waals surface area (Å²) in [5.74, 6) is 0.203. The molecule has 2 fully saturated rings. The molecule has 2 aromatic heterocycles. The van der Waals surface area contributed by atoms with Crippen molar-refractivity contribution < 1.29 is 9.59 Å². The smallest absolute Gasteiger partial charge is 0.263 e. The lowest BCUT2D eigenvalue weighted by atomic mass is 9.95. The Hall–Kier alpha value is -2.19. The summed E-state index contributed by atoms with van der Waals surface area (Å²) >= 11 is 1.31. The first-order valence-electron chi connectivity index (χ1n) is 9.89. The Morgan fingerprint density at radius 3 is 2.68 bits per heavy atom. The number of hydrogen-bond donors (Lipinski definition) is 2.